The first-order chi connectivity index (χ1) is 12.3. The lowest BCUT2D eigenvalue weighted by molar-refractivity contribution is 0.0332. The van der Waals surface area contributed by atoms with E-state index in [1.165, 1.54) is 5.69 Å². The van der Waals surface area contributed by atoms with Crippen molar-refractivity contribution in [2.75, 3.05) is 51.4 Å². The predicted octanol–water partition coefficient (Wildman–Crippen LogP) is 0.577. The van der Waals surface area contributed by atoms with Crippen molar-refractivity contribution >= 4 is 5.82 Å². The van der Waals surface area contributed by atoms with Crippen molar-refractivity contribution in [3.63, 3.8) is 0 Å². The van der Waals surface area contributed by atoms with Crippen molar-refractivity contribution in [3.05, 3.63) is 30.1 Å². The number of hydrogen-bond acceptors (Lipinski definition) is 7. The molecule has 0 spiro atoms. The molecule has 8 nitrogen and oxygen atoms in total. The second-order valence-corrected chi connectivity index (χ2v) is 6.36. The molecule has 2 aliphatic rings. The first-order valence-electron chi connectivity index (χ1n) is 8.78. The SMILES string of the molecule is COc1cc(N2CCc3ncc(CN4CCOCC4)n3CC2)ncn1. The van der Waals surface area contributed by atoms with Crippen LogP contribution < -0.4 is 9.64 Å². The molecule has 0 N–H and O–H groups in total. The van der Waals surface area contributed by atoms with Gasteiger partial charge in [-0.3, -0.25) is 4.90 Å². The Morgan fingerprint density at radius 2 is 1.96 bits per heavy atom. The Balaban J connectivity index is 1.46. The lowest BCUT2D eigenvalue weighted by Gasteiger charge is -2.27. The Kier molecular flexibility index (Phi) is 4.80. The van der Waals surface area contributed by atoms with Crippen LogP contribution in [-0.4, -0.2) is 70.9 Å². The van der Waals surface area contributed by atoms with Crippen LogP contribution in [0.25, 0.3) is 0 Å². The van der Waals surface area contributed by atoms with Gasteiger partial charge in [0.15, 0.2) is 0 Å². The number of anilines is 1. The lowest BCUT2D eigenvalue weighted by Crippen LogP contribution is -2.36. The largest absolute Gasteiger partial charge is 0.481 e. The number of hydrogen-bond donors (Lipinski definition) is 0. The topological polar surface area (TPSA) is 68.5 Å². The Hall–Kier alpha value is -2.19. The number of morpholine rings is 1. The monoisotopic (exact) mass is 344 g/mol. The maximum absolute atomic E-state index is 5.44. The average Bonchev–Trinajstić information content (AvgIpc) is 2.91. The molecule has 25 heavy (non-hydrogen) atoms. The first-order valence-corrected chi connectivity index (χ1v) is 8.78. The minimum Gasteiger partial charge on any atom is -0.481 e. The van der Waals surface area contributed by atoms with E-state index in [-0.39, 0.29) is 0 Å². The van der Waals surface area contributed by atoms with Crippen LogP contribution in [0.4, 0.5) is 5.82 Å². The molecule has 134 valence electrons. The van der Waals surface area contributed by atoms with Gasteiger partial charge in [-0.15, -0.1) is 0 Å². The van der Waals surface area contributed by atoms with E-state index < -0.39 is 0 Å². The van der Waals surface area contributed by atoms with Gasteiger partial charge in [-0.2, -0.15) is 0 Å². The smallest absolute Gasteiger partial charge is 0.218 e. The standard InChI is InChI=1S/C17H24N6O2/c1-24-17-10-16(19-13-20-17)22-3-2-15-18-11-14(23(15)5-4-22)12-21-6-8-25-9-7-21/h10-11,13H,2-9,12H2,1H3. The fraction of sp³-hybridized carbons (Fsp3) is 0.588. The molecule has 1 saturated heterocycles. The predicted molar refractivity (Wildman–Crippen MR) is 92.8 cm³/mol. The number of nitrogens with zero attached hydrogens (tertiary/aromatic N) is 6. The van der Waals surface area contributed by atoms with Crippen LogP contribution in [-0.2, 0) is 24.2 Å². The summed E-state index contributed by atoms with van der Waals surface area (Å²) >= 11 is 0. The number of ether oxygens (including phenoxy) is 2. The fourth-order valence-corrected chi connectivity index (χ4v) is 3.45. The summed E-state index contributed by atoms with van der Waals surface area (Å²) in [4.78, 5) is 17.9. The van der Waals surface area contributed by atoms with Crippen molar-refractivity contribution in [3.8, 4) is 5.88 Å². The third-order valence-corrected chi connectivity index (χ3v) is 4.87. The third kappa shape index (κ3) is 3.59. The zero-order valence-electron chi connectivity index (χ0n) is 14.6. The highest BCUT2D eigenvalue weighted by atomic mass is 16.5. The van der Waals surface area contributed by atoms with E-state index in [1.54, 1.807) is 13.4 Å². The number of methoxy groups -OCH3 is 1. The highest BCUT2D eigenvalue weighted by Gasteiger charge is 2.20. The summed E-state index contributed by atoms with van der Waals surface area (Å²) in [5.74, 6) is 2.67. The fourth-order valence-electron chi connectivity index (χ4n) is 3.45. The van der Waals surface area contributed by atoms with Gasteiger partial charge >= 0.3 is 0 Å². The number of aromatic nitrogens is 4. The summed E-state index contributed by atoms with van der Waals surface area (Å²) in [6.45, 7) is 7.29. The zero-order chi connectivity index (χ0) is 17.1. The third-order valence-electron chi connectivity index (χ3n) is 4.87. The van der Waals surface area contributed by atoms with Crippen LogP contribution in [0.15, 0.2) is 18.6 Å². The molecule has 2 aliphatic heterocycles. The molecule has 4 heterocycles. The molecule has 0 amide bonds. The summed E-state index contributed by atoms with van der Waals surface area (Å²) in [6.07, 6.45) is 4.51. The van der Waals surface area contributed by atoms with E-state index >= 15 is 0 Å². The number of rotatable bonds is 4. The summed E-state index contributed by atoms with van der Waals surface area (Å²) < 4.78 is 13.0. The molecule has 4 rings (SSSR count). The first kappa shape index (κ1) is 16.3. The normalized spacial score (nSPS) is 18.7. The molecule has 0 bridgehead atoms. The van der Waals surface area contributed by atoms with Crippen LogP contribution in [0, 0.1) is 0 Å². The van der Waals surface area contributed by atoms with Crippen molar-refractivity contribution in [1.29, 1.82) is 0 Å². The summed E-state index contributed by atoms with van der Waals surface area (Å²) in [5.41, 5.74) is 1.29. The van der Waals surface area contributed by atoms with Gasteiger partial charge in [0, 0.05) is 58.0 Å². The molecule has 1 fully saturated rings. The van der Waals surface area contributed by atoms with Crippen molar-refractivity contribution < 1.29 is 9.47 Å². The van der Waals surface area contributed by atoms with Gasteiger partial charge in [0.1, 0.15) is 18.0 Å². The second kappa shape index (κ2) is 7.37. The van der Waals surface area contributed by atoms with Gasteiger partial charge in [-0.05, 0) is 0 Å². The average molecular weight is 344 g/mol. The van der Waals surface area contributed by atoms with E-state index in [9.17, 15) is 0 Å². The van der Waals surface area contributed by atoms with E-state index in [0.29, 0.717) is 5.88 Å². The molecule has 0 atom stereocenters. The zero-order valence-corrected chi connectivity index (χ0v) is 14.6. The highest BCUT2D eigenvalue weighted by molar-refractivity contribution is 5.41. The van der Waals surface area contributed by atoms with Gasteiger partial charge in [-0.25, -0.2) is 15.0 Å². The van der Waals surface area contributed by atoms with Gasteiger partial charge in [0.25, 0.3) is 0 Å². The Bertz CT molecular complexity index is 713. The molecule has 0 radical (unpaired) electrons. The Labute approximate surface area is 147 Å². The van der Waals surface area contributed by atoms with Gasteiger partial charge in [0.05, 0.1) is 26.0 Å². The van der Waals surface area contributed by atoms with E-state index in [0.717, 1.165) is 70.5 Å². The Morgan fingerprint density at radius 3 is 2.80 bits per heavy atom. The molecule has 0 aromatic carbocycles. The molecular weight excluding hydrogens is 320 g/mol. The number of fused-ring (bicyclic) bond motifs is 1. The van der Waals surface area contributed by atoms with E-state index in [1.807, 2.05) is 12.3 Å². The van der Waals surface area contributed by atoms with Gasteiger partial charge in [0.2, 0.25) is 5.88 Å². The molecular formula is C17H24N6O2. The van der Waals surface area contributed by atoms with Crippen LogP contribution in [0.2, 0.25) is 0 Å². The maximum Gasteiger partial charge on any atom is 0.218 e. The van der Waals surface area contributed by atoms with Gasteiger partial charge in [-0.1, -0.05) is 0 Å². The minimum absolute atomic E-state index is 0.597. The molecule has 0 saturated carbocycles. The highest BCUT2D eigenvalue weighted by Crippen LogP contribution is 2.20. The van der Waals surface area contributed by atoms with Crippen molar-refractivity contribution in [1.82, 2.24) is 24.4 Å². The minimum atomic E-state index is 0.597. The lowest BCUT2D eigenvalue weighted by atomic mass is 10.3. The molecule has 2 aromatic rings. The quantitative estimate of drug-likeness (QED) is 0.803. The van der Waals surface area contributed by atoms with Crippen LogP contribution in [0.5, 0.6) is 5.88 Å². The molecule has 0 aliphatic carbocycles. The van der Waals surface area contributed by atoms with E-state index in [2.05, 4.69) is 29.3 Å². The summed E-state index contributed by atoms with van der Waals surface area (Å²) in [5, 5.41) is 0. The Morgan fingerprint density at radius 1 is 1.08 bits per heavy atom. The summed E-state index contributed by atoms with van der Waals surface area (Å²) in [6, 6.07) is 1.89. The molecule has 0 unspecified atom stereocenters. The van der Waals surface area contributed by atoms with Crippen LogP contribution >= 0.6 is 0 Å². The number of imidazole rings is 1. The van der Waals surface area contributed by atoms with Crippen molar-refractivity contribution in [2.45, 2.75) is 19.5 Å². The molecule has 8 heteroatoms. The van der Waals surface area contributed by atoms with E-state index in [4.69, 9.17) is 9.47 Å². The maximum atomic E-state index is 5.44. The van der Waals surface area contributed by atoms with Gasteiger partial charge < -0.3 is 18.9 Å². The molecule has 2 aromatic heterocycles. The second-order valence-electron chi connectivity index (χ2n) is 6.36. The van der Waals surface area contributed by atoms with Crippen LogP contribution in [0.3, 0.4) is 0 Å². The van der Waals surface area contributed by atoms with Crippen LogP contribution in [0.1, 0.15) is 11.5 Å². The van der Waals surface area contributed by atoms with Crippen molar-refractivity contribution in [2.24, 2.45) is 0 Å². The summed E-state index contributed by atoms with van der Waals surface area (Å²) in [7, 11) is 1.63.